The molecular formula is C22H24N2O4. The molecule has 1 aliphatic rings. The topological polar surface area (TPSA) is 75.7 Å². The second-order valence-electron chi connectivity index (χ2n) is 7.10. The van der Waals surface area contributed by atoms with Gasteiger partial charge in [-0.15, -0.1) is 0 Å². The van der Waals surface area contributed by atoms with Gasteiger partial charge < -0.3 is 10.1 Å². The zero-order valence-corrected chi connectivity index (χ0v) is 16.3. The van der Waals surface area contributed by atoms with Crippen LogP contribution < -0.4 is 5.32 Å². The van der Waals surface area contributed by atoms with Crippen molar-refractivity contribution >= 4 is 23.4 Å². The number of carbonyl (C=O) groups excluding carboxylic acids is 3. The van der Waals surface area contributed by atoms with Gasteiger partial charge >= 0.3 is 0 Å². The number of benzene rings is 2. The molecule has 1 N–H and O–H groups in total. The number of fused-ring (bicyclic) bond motifs is 1. The van der Waals surface area contributed by atoms with E-state index >= 15 is 0 Å². The van der Waals surface area contributed by atoms with Crippen molar-refractivity contribution in [2.24, 2.45) is 0 Å². The summed E-state index contributed by atoms with van der Waals surface area (Å²) >= 11 is 0. The smallest absolute Gasteiger partial charge is 0.261 e. The fourth-order valence-electron chi connectivity index (χ4n) is 3.18. The SMILES string of the molecule is COCCCN1C(=O)c2ccc(C(=O)Nc3cccc(C(C)C)c3)cc2C1=O. The summed E-state index contributed by atoms with van der Waals surface area (Å²) in [6.07, 6.45) is 0.571. The van der Waals surface area contributed by atoms with Gasteiger partial charge in [-0.2, -0.15) is 0 Å². The van der Waals surface area contributed by atoms with Crippen LogP contribution in [0.15, 0.2) is 42.5 Å². The van der Waals surface area contributed by atoms with Crippen LogP contribution in [-0.4, -0.2) is 42.9 Å². The molecule has 0 spiro atoms. The van der Waals surface area contributed by atoms with Gasteiger partial charge in [0.15, 0.2) is 0 Å². The lowest BCUT2D eigenvalue weighted by atomic mass is 10.0. The molecule has 0 saturated carbocycles. The first kappa shape index (κ1) is 19.8. The lowest BCUT2D eigenvalue weighted by molar-refractivity contribution is 0.0638. The van der Waals surface area contributed by atoms with Crippen molar-refractivity contribution in [3.8, 4) is 0 Å². The molecule has 28 heavy (non-hydrogen) atoms. The van der Waals surface area contributed by atoms with E-state index < -0.39 is 0 Å². The van der Waals surface area contributed by atoms with Gasteiger partial charge in [0, 0.05) is 31.5 Å². The maximum atomic E-state index is 12.6. The van der Waals surface area contributed by atoms with E-state index in [1.165, 1.54) is 11.0 Å². The predicted octanol–water partition coefficient (Wildman–Crippen LogP) is 3.69. The maximum Gasteiger partial charge on any atom is 0.261 e. The van der Waals surface area contributed by atoms with Gasteiger partial charge in [0.1, 0.15) is 0 Å². The number of nitrogens with one attached hydrogen (secondary N) is 1. The molecular weight excluding hydrogens is 356 g/mol. The van der Waals surface area contributed by atoms with Crippen LogP contribution in [-0.2, 0) is 4.74 Å². The van der Waals surface area contributed by atoms with Crippen LogP contribution in [0.3, 0.4) is 0 Å². The number of hydrogen-bond donors (Lipinski definition) is 1. The van der Waals surface area contributed by atoms with Crippen LogP contribution in [0.1, 0.15) is 62.8 Å². The van der Waals surface area contributed by atoms with Crippen molar-refractivity contribution in [3.63, 3.8) is 0 Å². The van der Waals surface area contributed by atoms with Crippen LogP contribution in [0.5, 0.6) is 0 Å². The summed E-state index contributed by atoms with van der Waals surface area (Å²) < 4.78 is 4.98. The highest BCUT2D eigenvalue weighted by atomic mass is 16.5. The average molecular weight is 380 g/mol. The molecule has 3 rings (SSSR count). The second kappa shape index (κ2) is 8.35. The summed E-state index contributed by atoms with van der Waals surface area (Å²) in [5.41, 5.74) is 2.76. The molecule has 0 unspecified atom stereocenters. The number of hydrogen-bond acceptors (Lipinski definition) is 4. The standard InChI is InChI=1S/C22H24N2O4/c1-14(2)15-6-4-7-17(12-15)23-20(25)16-8-9-18-19(13-16)22(27)24(21(18)26)10-5-11-28-3/h4,6-9,12-14H,5,10-11H2,1-3H3,(H,23,25). The fraction of sp³-hybridized carbons (Fsp3) is 0.318. The number of nitrogens with zero attached hydrogens (tertiary/aromatic N) is 1. The van der Waals surface area contributed by atoms with Gasteiger partial charge in [0.05, 0.1) is 11.1 Å². The first-order valence-electron chi connectivity index (χ1n) is 9.33. The molecule has 6 nitrogen and oxygen atoms in total. The minimum absolute atomic E-state index is 0.269. The van der Waals surface area contributed by atoms with Crippen LogP contribution in [0, 0.1) is 0 Å². The molecule has 2 aromatic carbocycles. The van der Waals surface area contributed by atoms with E-state index in [1.807, 2.05) is 24.3 Å². The molecule has 0 atom stereocenters. The molecule has 2 aromatic rings. The highest BCUT2D eigenvalue weighted by Crippen LogP contribution is 2.25. The summed E-state index contributed by atoms with van der Waals surface area (Å²) in [6, 6.07) is 12.3. The van der Waals surface area contributed by atoms with E-state index in [1.54, 1.807) is 19.2 Å². The lowest BCUT2D eigenvalue weighted by Gasteiger charge is -2.12. The van der Waals surface area contributed by atoms with E-state index in [9.17, 15) is 14.4 Å². The van der Waals surface area contributed by atoms with Gasteiger partial charge in [-0.3, -0.25) is 19.3 Å². The minimum Gasteiger partial charge on any atom is -0.385 e. The van der Waals surface area contributed by atoms with Crippen LogP contribution in [0.25, 0.3) is 0 Å². The number of imide groups is 1. The van der Waals surface area contributed by atoms with Gasteiger partial charge in [-0.25, -0.2) is 0 Å². The molecule has 146 valence electrons. The summed E-state index contributed by atoms with van der Waals surface area (Å²) in [4.78, 5) is 38.9. The van der Waals surface area contributed by atoms with Crippen molar-refractivity contribution in [3.05, 3.63) is 64.7 Å². The van der Waals surface area contributed by atoms with E-state index in [2.05, 4.69) is 19.2 Å². The molecule has 0 bridgehead atoms. The van der Waals surface area contributed by atoms with Crippen LogP contribution in [0.2, 0.25) is 0 Å². The monoisotopic (exact) mass is 380 g/mol. The molecule has 1 aliphatic heterocycles. The highest BCUT2D eigenvalue weighted by Gasteiger charge is 2.35. The van der Waals surface area contributed by atoms with Gasteiger partial charge in [-0.1, -0.05) is 26.0 Å². The fourth-order valence-corrected chi connectivity index (χ4v) is 3.18. The third-order valence-electron chi connectivity index (χ3n) is 4.77. The van der Waals surface area contributed by atoms with Gasteiger partial charge in [-0.05, 0) is 48.2 Å². The van der Waals surface area contributed by atoms with Crippen LogP contribution >= 0.6 is 0 Å². The Balaban J connectivity index is 1.77. The first-order valence-corrected chi connectivity index (χ1v) is 9.33. The molecule has 0 radical (unpaired) electrons. The Morgan fingerprint density at radius 1 is 1.07 bits per heavy atom. The number of methoxy groups -OCH3 is 1. The Morgan fingerprint density at radius 2 is 1.82 bits per heavy atom. The molecule has 6 heteroatoms. The largest absolute Gasteiger partial charge is 0.385 e. The maximum absolute atomic E-state index is 12.6. The zero-order valence-electron chi connectivity index (χ0n) is 16.3. The summed E-state index contributed by atoms with van der Waals surface area (Å²) in [5.74, 6) is -0.661. The van der Waals surface area contributed by atoms with Gasteiger partial charge in [0.2, 0.25) is 0 Å². The summed E-state index contributed by atoms with van der Waals surface area (Å²) in [5, 5.41) is 2.86. The van der Waals surface area contributed by atoms with E-state index in [4.69, 9.17) is 4.74 Å². The number of carbonyl (C=O) groups is 3. The number of ether oxygens (including phenoxy) is 1. The normalized spacial score (nSPS) is 13.2. The predicted molar refractivity (Wildman–Crippen MR) is 107 cm³/mol. The Bertz CT molecular complexity index is 921. The van der Waals surface area contributed by atoms with E-state index in [0.29, 0.717) is 42.3 Å². The molecule has 3 amide bonds. The number of anilines is 1. The van der Waals surface area contributed by atoms with E-state index in [-0.39, 0.29) is 23.3 Å². The number of amides is 3. The Kier molecular flexibility index (Phi) is 5.90. The zero-order chi connectivity index (χ0) is 20.3. The Morgan fingerprint density at radius 3 is 2.54 bits per heavy atom. The molecule has 0 saturated heterocycles. The van der Waals surface area contributed by atoms with Crippen molar-refractivity contribution in [2.75, 3.05) is 25.6 Å². The Hall–Kier alpha value is -2.99. The van der Waals surface area contributed by atoms with Crippen molar-refractivity contribution in [2.45, 2.75) is 26.2 Å². The first-order chi connectivity index (χ1) is 13.4. The van der Waals surface area contributed by atoms with Crippen LogP contribution in [0.4, 0.5) is 5.69 Å². The summed E-state index contributed by atoms with van der Waals surface area (Å²) in [6.45, 7) is 4.94. The number of rotatable bonds is 7. The highest BCUT2D eigenvalue weighted by molar-refractivity contribution is 6.22. The average Bonchev–Trinajstić information content (AvgIpc) is 2.92. The third-order valence-corrected chi connectivity index (χ3v) is 4.77. The second-order valence-corrected chi connectivity index (χ2v) is 7.10. The quantitative estimate of drug-likeness (QED) is 0.587. The third kappa shape index (κ3) is 3.97. The van der Waals surface area contributed by atoms with Crippen molar-refractivity contribution in [1.82, 2.24) is 4.90 Å². The Labute approximate surface area is 164 Å². The summed E-state index contributed by atoms with van der Waals surface area (Å²) in [7, 11) is 1.57. The van der Waals surface area contributed by atoms with Crippen molar-refractivity contribution in [1.29, 1.82) is 0 Å². The van der Waals surface area contributed by atoms with Gasteiger partial charge in [0.25, 0.3) is 17.7 Å². The molecule has 1 heterocycles. The lowest BCUT2D eigenvalue weighted by Crippen LogP contribution is -2.31. The molecule has 0 aromatic heterocycles. The molecule has 0 aliphatic carbocycles. The molecule has 0 fully saturated rings. The van der Waals surface area contributed by atoms with Crippen molar-refractivity contribution < 1.29 is 19.1 Å². The van der Waals surface area contributed by atoms with E-state index in [0.717, 1.165) is 5.56 Å². The minimum atomic E-state index is -0.368.